The second-order valence-electron chi connectivity index (χ2n) is 6.28. The zero-order valence-electron chi connectivity index (χ0n) is 12.2. The van der Waals surface area contributed by atoms with E-state index in [4.69, 9.17) is 0 Å². The van der Waals surface area contributed by atoms with Crippen LogP contribution in [0.4, 0.5) is 5.69 Å². The molecule has 1 N–H and O–H groups in total. The maximum atomic E-state index is 4.35. The first-order valence-electron chi connectivity index (χ1n) is 7.73. The van der Waals surface area contributed by atoms with Gasteiger partial charge in [-0.05, 0) is 19.3 Å². The molecule has 106 valence electrons. The number of piperazine rings is 1. The molecule has 2 aliphatic rings. The van der Waals surface area contributed by atoms with Crippen LogP contribution in [-0.2, 0) is 7.05 Å². The van der Waals surface area contributed by atoms with Gasteiger partial charge in [-0.2, -0.15) is 5.10 Å². The monoisotopic (exact) mass is 262 g/mol. The van der Waals surface area contributed by atoms with Crippen molar-refractivity contribution >= 4 is 5.69 Å². The molecule has 0 radical (unpaired) electrons. The van der Waals surface area contributed by atoms with E-state index < -0.39 is 0 Å². The second-order valence-corrected chi connectivity index (χ2v) is 6.28. The molecule has 4 heteroatoms. The van der Waals surface area contributed by atoms with Crippen LogP contribution in [0.25, 0.3) is 0 Å². The maximum Gasteiger partial charge on any atom is 0.0755 e. The van der Waals surface area contributed by atoms with Gasteiger partial charge in [-0.15, -0.1) is 0 Å². The standard InChI is InChI=1S/C15H26N4/c1-3-13-9-16-15(7-5-4-6-8-15)12-19(13)14-10-17-18(2)11-14/h10-11,13,16H,3-9,12H2,1-2H3. The minimum absolute atomic E-state index is 0.361. The molecule has 1 unspecified atom stereocenters. The number of hydrogen-bond acceptors (Lipinski definition) is 3. The zero-order chi connectivity index (χ0) is 13.3. The van der Waals surface area contributed by atoms with Crippen molar-refractivity contribution in [2.45, 2.75) is 57.0 Å². The fourth-order valence-electron chi connectivity index (χ4n) is 3.74. The van der Waals surface area contributed by atoms with E-state index in [1.165, 1.54) is 44.2 Å². The van der Waals surface area contributed by atoms with Crippen LogP contribution in [0.5, 0.6) is 0 Å². The van der Waals surface area contributed by atoms with Gasteiger partial charge >= 0.3 is 0 Å². The molecule has 2 heterocycles. The highest BCUT2D eigenvalue weighted by Crippen LogP contribution is 2.34. The summed E-state index contributed by atoms with van der Waals surface area (Å²) in [6.07, 6.45) is 12.2. The lowest BCUT2D eigenvalue weighted by Crippen LogP contribution is -2.64. The Labute approximate surface area is 116 Å². The highest BCUT2D eigenvalue weighted by Gasteiger charge is 2.39. The summed E-state index contributed by atoms with van der Waals surface area (Å²) in [5, 5.41) is 8.22. The summed E-state index contributed by atoms with van der Waals surface area (Å²) in [4.78, 5) is 2.59. The van der Waals surface area contributed by atoms with Crippen molar-refractivity contribution in [3.63, 3.8) is 0 Å². The summed E-state index contributed by atoms with van der Waals surface area (Å²) >= 11 is 0. The van der Waals surface area contributed by atoms with E-state index in [2.05, 4.69) is 28.4 Å². The van der Waals surface area contributed by atoms with Crippen molar-refractivity contribution in [2.75, 3.05) is 18.0 Å². The number of rotatable bonds is 2. The Hall–Kier alpha value is -1.03. The van der Waals surface area contributed by atoms with Crippen molar-refractivity contribution in [3.8, 4) is 0 Å². The topological polar surface area (TPSA) is 33.1 Å². The van der Waals surface area contributed by atoms with E-state index in [0.717, 1.165) is 13.1 Å². The Bertz CT molecular complexity index is 420. The predicted molar refractivity (Wildman–Crippen MR) is 78.5 cm³/mol. The lowest BCUT2D eigenvalue weighted by atomic mass is 9.79. The molecule has 1 aliphatic carbocycles. The molecule has 1 atom stereocenters. The van der Waals surface area contributed by atoms with E-state index in [9.17, 15) is 0 Å². The minimum Gasteiger partial charge on any atom is -0.363 e. The largest absolute Gasteiger partial charge is 0.363 e. The minimum atomic E-state index is 0.361. The van der Waals surface area contributed by atoms with Gasteiger partial charge in [0.1, 0.15) is 0 Å². The quantitative estimate of drug-likeness (QED) is 0.888. The molecule has 3 rings (SSSR count). The summed E-state index contributed by atoms with van der Waals surface area (Å²) in [6.45, 7) is 4.55. The van der Waals surface area contributed by atoms with E-state index in [1.54, 1.807) is 0 Å². The third-order valence-electron chi connectivity index (χ3n) is 4.93. The van der Waals surface area contributed by atoms with Gasteiger partial charge in [-0.3, -0.25) is 4.68 Å². The SMILES string of the molecule is CCC1CNC2(CCCCC2)CN1c1cnn(C)c1. The van der Waals surface area contributed by atoms with E-state index in [-0.39, 0.29) is 0 Å². The van der Waals surface area contributed by atoms with Gasteiger partial charge in [0.2, 0.25) is 0 Å². The van der Waals surface area contributed by atoms with E-state index in [1.807, 2.05) is 17.9 Å². The van der Waals surface area contributed by atoms with Crippen molar-refractivity contribution in [1.82, 2.24) is 15.1 Å². The average Bonchev–Trinajstić information content (AvgIpc) is 2.86. The van der Waals surface area contributed by atoms with Crippen LogP contribution in [0, 0.1) is 0 Å². The predicted octanol–water partition coefficient (Wildman–Crippen LogP) is 2.31. The normalized spacial score (nSPS) is 26.8. The fourth-order valence-corrected chi connectivity index (χ4v) is 3.74. The van der Waals surface area contributed by atoms with Gasteiger partial charge in [0.25, 0.3) is 0 Å². The zero-order valence-corrected chi connectivity index (χ0v) is 12.2. The molecule has 0 amide bonds. The van der Waals surface area contributed by atoms with Gasteiger partial charge in [0, 0.05) is 37.9 Å². The molecule has 0 aromatic carbocycles. The number of hydrogen-bond donors (Lipinski definition) is 1. The maximum absolute atomic E-state index is 4.35. The number of anilines is 1. The summed E-state index contributed by atoms with van der Waals surface area (Å²) in [7, 11) is 2.00. The molecule has 1 saturated carbocycles. The first-order chi connectivity index (χ1) is 9.22. The third-order valence-corrected chi connectivity index (χ3v) is 4.93. The van der Waals surface area contributed by atoms with E-state index >= 15 is 0 Å². The molecule has 19 heavy (non-hydrogen) atoms. The number of nitrogens with one attached hydrogen (secondary N) is 1. The Balaban J connectivity index is 1.81. The highest BCUT2D eigenvalue weighted by molar-refractivity contribution is 5.45. The molecule has 2 fully saturated rings. The summed E-state index contributed by atoms with van der Waals surface area (Å²) in [5.74, 6) is 0. The first kappa shape index (κ1) is 13.0. The highest BCUT2D eigenvalue weighted by atomic mass is 15.3. The van der Waals surface area contributed by atoms with Gasteiger partial charge in [-0.25, -0.2) is 0 Å². The summed E-state index contributed by atoms with van der Waals surface area (Å²) in [6, 6.07) is 0.608. The van der Waals surface area contributed by atoms with Crippen LogP contribution in [-0.4, -0.2) is 34.5 Å². The number of aromatic nitrogens is 2. The van der Waals surface area contributed by atoms with Crippen LogP contribution in [0.2, 0.25) is 0 Å². The lowest BCUT2D eigenvalue weighted by Gasteiger charge is -2.50. The van der Waals surface area contributed by atoms with Crippen LogP contribution < -0.4 is 10.2 Å². The van der Waals surface area contributed by atoms with E-state index in [0.29, 0.717) is 11.6 Å². The second kappa shape index (κ2) is 5.16. The van der Waals surface area contributed by atoms with Gasteiger partial charge in [0.05, 0.1) is 11.9 Å². The molecule has 1 aromatic rings. The average molecular weight is 262 g/mol. The Morgan fingerprint density at radius 1 is 1.37 bits per heavy atom. The molecule has 1 saturated heterocycles. The van der Waals surface area contributed by atoms with Crippen molar-refractivity contribution < 1.29 is 0 Å². The first-order valence-corrected chi connectivity index (χ1v) is 7.73. The lowest BCUT2D eigenvalue weighted by molar-refractivity contribution is 0.196. The van der Waals surface area contributed by atoms with Gasteiger partial charge < -0.3 is 10.2 Å². The molecule has 4 nitrogen and oxygen atoms in total. The number of aryl methyl sites for hydroxylation is 1. The summed E-state index contributed by atoms with van der Waals surface area (Å²) < 4.78 is 1.91. The molecular weight excluding hydrogens is 236 g/mol. The third kappa shape index (κ3) is 2.50. The van der Waals surface area contributed by atoms with Crippen molar-refractivity contribution in [1.29, 1.82) is 0 Å². The van der Waals surface area contributed by atoms with Crippen LogP contribution >= 0.6 is 0 Å². The summed E-state index contributed by atoms with van der Waals surface area (Å²) in [5.41, 5.74) is 1.65. The van der Waals surface area contributed by atoms with Crippen LogP contribution in [0.15, 0.2) is 12.4 Å². The smallest absolute Gasteiger partial charge is 0.0755 e. The Morgan fingerprint density at radius 3 is 2.79 bits per heavy atom. The molecule has 1 aliphatic heterocycles. The molecule has 1 aromatic heterocycles. The molecule has 0 bridgehead atoms. The van der Waals surface area contributed by atoms with Gasteiger partial charge in [0.15, 0.2) is 0 Å². The van der Waals surface area contributed by atoms with Crippen LogP contribution in [0.3, 0.4) is 0 Å². The van der Waals surface area contributed by atoms with Gasteiger partial charge in [-0.1, -0.05) is 26.2 Å². The number of nitrogens with zero attached hydrogens (tertiary/aromatic N) is 3. The van der Waals surface area contributed by atoms with Crippen LogP contribution in [0.1, 0.15) is 45.4 Å². The van der Waals surface area contributed by atoms with Crippen molar-refractivity contribution in [3.05, 3.63) is 12.4 Å². The Morgan fingerprint density at radius 2 is 2.16 bits per heavy atom. The van der Waals surface area contributed by atoms with Crippen molar-refractivity contribution in [2.24, 2.45) is 7.05 Å². The molecular formula is C15H26N4. The molecule has 1 spiro atoms. The Kier molecular flexibility index (Phi) is 3.52. The fraction of sp³-hybridized carbons (Fsp3) is 0.800.